The number of hydrogen-bond acceptors (Lipinski definition) is 4. The zero-order valence-electron chi connectivity index (χ0n) is 18.1. The summed E-state index contributed by atoms with van der Waals surface area (Å²) >= 11 is 5.38. The molecular weight excluding hydrogens is 469 g/mol. The van der Waals surface area contributed by atoms with Crippen LogP contribution >= 0.6 is 12.2 Å². The molecule has 2 heterocycles. The lowest BCUT2D eigenvalue weighted by Gasteiger charge is -2.10. The summed E-state index contributed by atoms with van der Waals surface area (Å²) in [4.78, 5) is 31.3. The fourth-order valence-electron chi connectivity index (χ4n) is 3.75. The van der Waals surface area contributed by atoms with Gasteiger partial charge in [0.05, 0.1) is 18.2 Å². The molecule has 0 bridgehead atoms. The predicted molar refractivity (Wildman–Crippen MR) is 126 cm³/mol. The Hall–Kier alpha value is -3.60. The van der Waals surface area contributed by atoms with E-state index in [4.69, 9.17) is 17.0 Å². The lowest BCUT2D eigenvalue weighted by Crippen LogP contribution is -2.22. The van der Waals surface area contributed by atoms with Gasteiger partial charge in [-0.15, -0.1) is 0 Å². The number of methoxy groups -OCH3 is 1. The number of nitrogens with one attached hydrogen (secondary N) is 3. The van der Waals surface area contributed by atoms with Crippen molar-refractivity contribution in [3.05, 3.63) is 63.2 Å². The molecule has 0 atom stereocenters. The van der Waals surface area contributed by atoms with Crippen LogP contribution in [0.5, 0.6) is 5.75 Å². The van der Waals surface area contributed by atoms with Gasteiger partial charge in [-0.1, -0.05) is 6.07 Å². The Morgan fingerprint density at radius 1 is 1.12 bits per heavy atom. The first-order valence-corrected chi connectivity index (χ1v) is 10.9. The van der Waals surface area contributed by atoms with Gasteiger partial charge in [0.2, 0.25) is 5.91 Å². The molecule has 0 saturated heterocycles. The molecular formula is C23H21F3N4O3S. The number of anilines is 1. The maximum atomic E-state index is 13.0. The Balaban J connectivity index is 1.41. The minimum absolute atomic E-state index is 0.0828. The molecule has 4 aromatic rings. The fraction of sp³-hybridized carbons (Fsp3) is 0.261. The second-order valence-corrected chi connectivity index (χ2v) is 8.14. The van der Waals surface area contributed by atoms with E-state index >= 15 is 0 Å². The van der Waals surface area contributed by atoms with Crippen molar-refractivity contribution in [2.75, 3.05) is 12.4 Å². The molecule has 0 spiro atoms. The first kappa shape index (κ1) is 23.6. The normalized spacial score (nSPS) is 11.8. The van der Waals surface area contributed by atoms with Crippen LogP contribution in [0.15, 0.2) is 47.3 Å². The second-order valence-electron chi connectivity index (χ2n) is 7.76. The van der Waals surface area contributed by atoms with Gasteiger partial charge in [-0.2, -0.15) is 13.2 Å². The molecule has 178 valence electrons. The van der Waals surface area contributed by atoms with E-state index < -0.39 is 17.6 Å². The van der Waals surface area contributed by atoms with E-state index in [9.17, 15) is 22.8 Å². The maximum absolute atomic E-state index is 13.0. The molecule has 3 N–H and O–H groups in total. The van der Waals surface area contributed by atoms with E-state index in [1.165, 1.54) is 16.7 Å². The van der Waals surface area contributed by atoms with Crippen LogP contribution in [0.1, 0.15) is 24.8 Å². The quantitative estimate of drug-likeness (QED) is 0.240. The van der Waals surface area contributed by atoms with Crippen LogP contribution in [-0.2, 0) is 17.5 Å². The summed E-state index contributed by atoms with van der Waals surface area (Å²) < 4.78 is 45.4. The van der Waals surface area contributed by atoms with Gasteiger partial charge in [0.1, 0.15) is 11.3 Å². The summed E-state index contributed by atoms with van der Waals surface area (Å²) in [5.41, 5.74) is 0.730. The summed E-state index contributed by atoms with van der Waals surface area (Å²) in [6.45, 7) is 0.291. The topological polar surface area (TPSA) is 91.9 Å². The molecule has 0 radical (unpaired) electrons. The summed E-state index contributed by atoms with van der Waals surface area (Å²) in [7, 11) is 1.56. The van der Waals surface area contributed by atoms with Crippen LogP contribution in [-0.4, -0.2) is 27.6 Å². The van der Waals surface area contributed by atoms with Crippen LogP contribution < -0.4 is 15.6 Å². The molecule has 0 aliphatic rings. The first-order chi connectivity index (χ1) is 16.2. The van der Waals surface area contributed by atoms with E-state index in [0.29, 0.717) is 36.2 Å². The van der Waals surface area contributed by atoms with Gasteiger partial charge in [-0.25, -0.2) is 0 Å². The van der Waals surface area contributed by atoms with Crippen molar-refractivity contribution >= 4 is 45.7 Å². The molecule has 2 aromatic heterocycles. The Labute approximate surface area is 196 Å². The number of carbonyl (C=O) groups excluding carboxylic acids is 1. The number of halogens is 3. The second kappa shape index (κ2) is 9.34. The number of ether oxygens (including phenoxy) is 1. The Morgan fingerprint density at radius 2 is 1.91 bits per heavy atom. The molecule has 11 heteroatoms. The van der Waals surface area contributed by atoms with E-state index in [0.717, 1.165) is 23.0 Å². The lowest BCUT2D eigenvalue weighted by atomic mass is 10.2. The van der Waals surface area contributed by atoms with Crippen molar-refractivity contribution in [1.82, 2.24) is 14.5 Å². The number of aromatic amines is 2. The largest absolute Gasteiger partial charge is 0.497 e. The minimum atomic E-state index is -4.48. The average molecular weight is 491 g/mol. The number of unbranched alkanes of at least 4 members (excludes halogenated alkanes) is 1. The van der Waals surface area contributed by atoms with Crippen molar-refractivity contribution in [3.8, 4) is 5.75 Å². The van der Waals surface area contributed by atoms with E-state index in [1.54, 1.807) is 13.2 Å². The third-order valence-electron chi connectivity index (χ3n) is 5.45. The number of nitrogens with zero attached hydrogens (tertiary/aromatic N) is 1. The predicted octanol–water partition coefficient (Wildman–Crippen LogP) is 5.38. The molecule has 0 fully saturated rings. The zero-order valence-corrected chi connectivity index (χ0v) is 18.9. The number of carbonyl (C=O) groups is 1. The van der Waals surface area contributed by atoms with Crippen LogP contribution in [0, 0.1) is 4.77 Å². The third kappa shape index (κ3) is 4.84. The Bertz CT molecular complexity index is 1490. The van der Waals surface area contributed by atoms with Crippen molar-refractivity contribution in [3.63, 3.8) is 0 Å². The highest BCUT2D eigenvalue weighted by Gasteiger charge is 2.30. The van der Waals surface area contributed by atoms with Gasteiger partial charge in [0.25, 0.3) is 5.56 Å². The first-order valence-electron chi connectivity index (χ1n) is 10.5. The van der Waals surface area contributed by atoms with Gasteiger partial charge >= 0.3 is 6.18 Å². The molecule has 2 aromatic carbocycles. The van der Waals surface area contributed by atoms with Crippen molar-refractivity contribution in [2.45, 2.75) is 32.0 Å². The minimum Gasteiger partial charge on any atom is -0.497 e. The zero-order chi connectivity index (χ0) is 24.5. The Morgan fingerprint density at radius 3 is 2.65 bits per heavy atom. The number of H-pyrrole nitrogens is 2. The van der Waals surface area contributed by atoms with Crippen molar-refractivity contribution in [2.24, 2.45) is 0 Å². The lowest BCUT2D eigenvalue weighted by molar-refractivity contribution is -0.137. The highest BCUT2D eigenvalue weighted by molar-refractivity contribution is 7.71. The van der Waals surface area contributed by atoms with Crippen LogP contribution in [0.4, 0.5) is 18.9 Å². The van der Waals surface area contributed by atoms with E-state index in [2.05, 4.69) is 15.3 Å². The standard InChI is InChI=1S/C23H21F3N4O3S/c1-33-15-8-9-17-16(12-15)19-20(28-17)21(32)30(22(34)29-19)10-3-2-7-18(31)27-14-6-4-5-13(11-14)23(24,25)26/h4-6,8-9,11-12,28H,2-3,7,10H2,1H3,(H,27,31)(H,29,34). The number of hydrogen-bond donors (Lipinski definition) is 3. The number of alkyl halides is 3. The van der Waals surface area contributed by atoms with Crippen LogP contribution in [0.25, 0.3) is 21.9 Å². The summed E-state index contributed by atoms with van der Waals surface area (Å²) in [6, 6.07) is 9.89. The molecule has 0 aliphatic heterocycles. The third-order valence-corrected chi connectivity index (χ3v) is 5.77. The summed E-state index contributed by atoms with van der Waals surface area (Å²) in [5.74, 6) is 0.247. The van der Waals surface area contributed by atoms with Crippen molar-refractivity contribution in [1.29, 1.82) is 0 Å². The van der Waals surface area contributed by atoms with Crippen LogP contribution in [0.2, 0.25) is 0 Å². The average Bonchev–Trinajstić information content (AvgIpc) is 3.16. The number of amides is 1. The van der Waals surface area contributed by atoms with Gasteiger partial charge in [0, 0.05) is 29.6 Å². The molecule has 34 heavy (non-hydrogen) atoms. The van der Waals surface area contributed by atoms with E-state index in [1.807, 2.05) is 12.1 Å². The monoisotopic (exact) mass is 490 g/mol. The van der Waals surface area contributed by atoms with Crippen LogP contribution in [0.3, 0.4) is 0 Å². The molecule has 7 nitrogen and oxygen atoms in total. The molecule has 1 amide bonds. The number of rotatable bonds is 7. The number of fused-ring (bicyclic) bond motifs is 3. The van der Waals surface area contributed by atoms with Crippen molar-refractivity contribution < 1.29 is 22.7 Å². The fourth-order valence-corrected chi connectivity index (χ4v) is 4.02. The van der Waals surface area contributed by atoms with Gasteiger partial charge in [-0.05, 0) is 61.5 Å². The number of benzene rings is 2. The number of aromatic nitrogens is 3. The molecule has 4 rings (SSSR count). The maximum Gasteiger partial charge on any atom is 0.416 e. The summed E-state index contributed by atoms with van der Waals surface area (Å²) in [5, 5.41) is 3.26. The highest BCUT2D eigenvalue weighted by atomic mass is 32.1. The molecule has 0 aliphatic carbocycles. The highest BCUT2D eigenvalue weighted by Crippen LogP contribution is 2.30. The molecule has 0 saturated carbocycles. The smallest absolute Gasteiger partial charge is 0.416 e. The van der Waals surface area contributed by atoms with Gasteiger partial charge in [-0.3, -0.25) is 14.2 Å². The van der Waals surface area contributed by atoms with Gasteiger partial charge in [0.15, 0.2) is 4.77 Å². The van der Waals surface area contributed by atoms with Gasteiger partial charge < -0.3 is 20.0 Å². The SMILES string of the molecule is COc1ccc2[nH]c3c(=O)n(CCCCC(=O)Nc4cccc(C(F)(F)F)c4)c(=S)[nH]c3c2c1. The Kier molecular flexibility index (Phi) is 6.47. The van der Waals surface area contributed by atoms with E-state index in [-0.39, 0.29) is 22.4 Å². The molecule has 0 unspecified atom stereocenters. The summed E-state index contributed by atoms with van der Waals surface area (Å²) in [6.07, 6.45) is -3.48.